The number of aliphatic hydroxyl groups is 1. The van der Waals surface area contributed by atoms with Crippen LogP contribution in [0, 0.1) is 5.92 Å². The van der Waals surface area contributed by atoms with Crippen molar-refractivity contribution in [1.82, 2.24) is 5.32 Å². The van der Waals surface area contributed by atoms with Crippen LogP contribution < -0.4 is 5.32 Å². The van der Waals surface area contributed by atoms with Gasteiger partial charge in [0.2, 0.25) is 0 Å². The Hall–Kier alpha value is -0.0800. The summed E-state index contributed by atoms with van der Waals surface area (Å²) in [5.74, 6) is 0.664. The molecule has 48 valence electrons. The maximum atomic E-state index is 8.76. The van der Waals surface area contributed by atoms with Crippen LogP contribution in [-0.4, -0.2) is 24.3 Å². The summed E-state index contributed by atoms with van der Waals surface area (Å²) in [5, 5.41) is 11.9. The van der Waals surface area contributed by atoms with Gasteiger partial charge in [0.15, 0.2) is 0 Å². The molecule has 8 heavy (non-hydrogen) atoms. The van der Waals surface area contributed by atoms with Crippen molar-refractivity contribution in [3.8, 4) is 0 Å². The number of hydrogen-bond acceptors (Lipinski definition) is 2. The summed E-state index contributed by atoms with van der Waals surface area (Å²) in [6, 6.07) is 0. The summed E-state index contributed by atoms with van der Waals surface area (Å²) in [4.78, 5) is 0. The molecule has 1 aliphatic carbocycles. The molecule has 1 fully saturated rings. The standard InChI is InChI=1S/C6H13NO/c1-5-3-6(5,4-8)7-2/h5,7-8H,3-4H2,1-2H3. The quantitative estimate of drug-likeness (QED) is 0.530. The summed E-state index contributed by atoms with van der Waals surface area (Å²) in [6.07, 6.45) is 1.12. The Morgan fingerprint density at radius 3 is 2.38 bits per heavy atom. The Bertz CT molecular complexity index is 83.0. The van der Waals surface area contributed by atoms with Gasteiger partial charge in [-0.15, -0.1) is 0 Å². The molecule has 2 atom stereocenters. The minimum Gasteiger partial charge on any atom is -0.394 e. The first-order chi connectivity index (χ1) is 3.75. The molecule has 2 heteroatoms. The fourth-order valence-electron chi connectivity index (χ4n) is 1.14. The van der Waals surface area contributed by atoms with E-state index in [0.29, 0.717) is 5.92 Å². The molecular weight excluding hydrogens is 102 g/mol. The first kappa shape index (κ1) is 6.05. The summed E-state index contributed by atoms with van der Waals surface area (Å²) < 4.78 is 0. The lowest BCUT2D eigenvalue weighted by molar-refractivity contribution is 0.228. The third kappa shape index (κ3) is 0.644. The van der Waals surface area contributed by atoms with Gasteiger partial charge in [0.25, 0.3) is 0 Å². The number of rotatable bonds is 2. The molecule has 0 aliphatic heterocycles. The number of likely N-dealkylation sites (N-methyl/N-ethyl adjacent to an activating group) is 1. The molecule has 0 aromatic heterocycles. The van der Waals surface area contributed by atoms with E-state index >= 15 is 0 Å². The van der Waals surface area contributed by atoms with Crippen LogP contribution >= 0.6 is 0 Å². The van der Waals surface area contributed by atoms with E-state index in [-0.39, 0.29) is 12.1 Å². The molecule has 0 aromatic carbocycles. The molecule has 2 unspecified atom stereocenters. The highest BCUT2D eigenvalue weighted by Crippen LogP contribution is 2.41. The minimum atomic E-state index is 0.0972. The van der Waals surface area contributed by atoms with Gasteiger partial charge in [-0.05, 0) is 19.4 Å². The number of nitrogens with one attached hydrogen (secondary N) is 1. The Kier molecular flexibility index (Phi) is 1.29. The predicted molar refractivity (Wildman–Crippen MR) is 32.7 cm³/mol. The molecular formula is C6H13NO. The van der Waals surface area contributed by atoms with Crippen molar-refractivity contribution in [2.24, 2.45) is 5.92 Å². The molecule has 0 amide bonds. The molecule has 0 radical (unpaired) electrons. The molecule has 2 nitrogen and oxygen atoms in total. The van der Waals surface area contributed by atoms with E-state index in [1.807, 2.05) is 7.05 Å². The lowest BCUT2D eigenvalue weighted by Gasteiger charge is -2.09. The van der Waals surface area contributed by atoms with Gasteiger partial charge >= 0.3 is 0 Å². The molecule has 0 aromatic rings. The highest BCUT2D eigenvalue weighted by atomic mass is 16.3. The van der Waals surface area contributed by atoms with Crippen molar-refractivity contribution in [1.29, 1.82) is 0 Å². The molecule has 0 saturated heterocycles. The second-order valence-corrected chi connectivity index (χ2v) is 2.67. The van der Waals surface area contributed by atoms with Crippen LogP contribution in [-0.2, 0) is 0 Å². The van der Waals surface area contributed by atoms with E-state index in [1.54, 1.807) is 0 Å². The van der Waals surface area contributed by atoms with Crippen molar-refractivity contribution in [2.45, 2.75) is 18.9 Å². The van der Waals surface area contributed by atoms with Gasteiger partial charge in [0, 0.05) is 5.54 Å². The van der Waals surface area contributed by atoms with Crippen LogP contribution in [0.2, 0.25) is 0 Å². The van der Waals surface area contributed by atoms with Crippen LogP contribution in [0.25, 0.3) is 0 Å². The SMILES string of the molecule is CNC1(CO)CC1C. The molecule has 0 heterocycles. The second-order valence-electron chi connectivity index (χ2n) is 2.67. The van der Waals surface area contributed by atoms with E-state index in [1.165, 1.54) is 0 Å². The highest BCUT2D eigenvalue weighted by Gasteiger charge is 2.49. The molecule has 0 bridgehead atoms. The monoisotopic (exact) mass is 115 g/mol. The van der Waals surface area contributed by atoms with Crippen LogP contribution in [0.4, 0.5) is 0 Å². The fraction of sp³-hybridized carbons (Fsp3) is 1.00. The smallest absolute Gasteiger partial charge is 0.0615 e. The first-order valence-electron chi connectivity index (χ1n) is 3.05. The highest BCUT2D eigenvalue weighted by molar-refractivity contribution is 5.06. The van der Waals surface area contributed by atoms with Gasteiger partial charge in [-0.25, -0.2) is 0 Å². The predicted octanol–water partition coefficient (Wildman–Crippen LogP) is -0.0233. The Morgan fingerprint density at radius 1 is 1.88 bits per heavy atom. The maximum Gasteiger partial charge on any atom is 0.0615 e. The summed E-state index contributed by atoms with van der Waals surface area (Å²) >= 11 is 0. The Labute approximate surface area is 49.9 Å². The Balaban J connectivity index is 2.39. The van der Waals surface area contributed by atoms with Gasteiger partial charge < -0.3 is 10.4 Å². The van der Waals surface area contributed by atoms with Gasteiger partial charge in [-0.2, -0.15) is 0 Å². The van der Waals surface area contributed by atoms with Crippen LogP contribution in [0.5, 0.6) is 0 Å². The van der Waals surface area contributed by atoms with Crippen molar-refractivity contribution in [3.63, 3.8) is 0 Å². The van der Waals surface area contributed by atoms with Gasteiger partial charge in [-0.3, -0.25) is 0 Å². The molecule has 0 spiro atoms. The van der Waals surface area contributed by atoms with Crippen molar-refractivity contribution in [3.05, 3.63) is 0 Å². The molecule has 1 aliphatic rings. The zero-order valence-electron chi connectivity index (χ0n) is 5.44. The van der Waals surface area contributed by atoms with Crippen molar-refractivity contribution in [2.75, 3.05) is 13.7 Å². The molecule has 2 N–H and O–H groups in total. The van der Waals surface area contributed by atoms with Gasteiger partial charge in [0.1, 0.15) is 0 Å². The van der Waals surface area contributed by atoms with Gasteiger partial charge in [0.05, 0.1) is 6.61 Å². The minimum absolute atomic E-state index is 0.0972. The lowest BCUT2D eigenvalue weighted by atomic mass is 10.2. The molecule has 1 saturated carbocycles. The molecule has 1 rings (SSSR count). The van der Waals surface area contributed by atoms with E-state index in [0.717, 1.165) is 6.42 Å². The Morgan fingerprint density at radius 2 is 2.38 bits per heavy atom. The third-order valence-corrected chi connectivity index (χ3v) is 2.23. The summed E-state index contributed by atoms with van der Waals surface area (Å²) in [5.41, 5.74) is 0.0972. The second kappa shape index (κ2) is 1.71. The lowest BCUT2D eigenvalue weighted by Crippen LogP contribution is -2.33. The summed E-state index contributed by atoms with van der Waals surface area (Å²) in [6.45, 7) is 2.43. The maximum absolute atomic E-state index is 8.76. The summed E-state index contributed by atoms with van der Waals surface area (Å²) in [7, 11) is 1.90. The number of aliphatic hydroxyl groups excluding tert-OH is 1. The zero-order valence-corrected chi connectivity index (χ0v) is 5.44. The first-order valence-corrected chi connectivity index (χ1v) is 3.05. The average molecular weight is 115 g/mol. The zero-order chi connectivity index (χ0) is 6.20. The van der Waals surface area contributed by atoms with Crippen LogP contribution in [0.1, 0.15) is 13.3 Å². The van der Waals surface area contributed by atoms with E-state index in [4.69, 9.17) is 5.11 Å². The van der Waals surface area contributed by atoms with Crippen molar-refractivity contribution < 1.29 is 5.11 Å². The van der Waals surface area contributed by atoms with E-state index in [9.17, 15) is 0 Å². The average Bonchev–Trinajstić information content (AvgIpc) is 2.43. The topological polar surface area (TPSA) is 32.3 Å². The number of hydrogen-bond donors (Lipinski definition) is 2. The van der Waals surface area contributed by atoms with Gasteiger partial charge in [-0.1, -0.05) is 6.92 Å². The largest absolute Gasteiger partial charge is 0.394 e. The van der Waals surface area contributed by atoms with Crippen molar-refractivity contribution >= 4 is 0 Å². The normalized spacial score (nSPS) is 44.6. The third-order valence-electron chi connectivity index (χ3n) is 2.23. The fourth-order valence-corrected chi connectivity index (χ4v) is 1.14. The van der Waals surface area contributed by atoms with E-state index < -0.39 is 0 Å². The van der Waals surface area contributed by atoms with Crippen LogP contribution in [0.15, 0.2) is 0 Å². The van der Waals surface area contributed by atoms with E-state index in [2.05, 4.69) is 12.2 Å². The van der Waals surface area contributed by atoms with Crippen LogP contribution in [0.3, 0.4) is 0 Å².